The standard InChI is InChI=1S/C27H34N2O6/c1-17(2)35-20-11-8-18(9-12-20)25(30)23-24(19-10-13-21(33-5)22(16-19)34-6)29(27(32)26(23)31)15-7-14-28(3)4/h8-13,16-17,24,30H,7,14-15H2,1-6H3/b25-23+/t24-/m1/s1. The molecular formula is C27H34N2O6. The Morgan fingerprint density at radius 2 is 1.69 bits per heavy atom. The first kappa shape index (κ1) is 26.1. The summed E-state index contributed by atoms with van der Waals surface area (Å²) in [6.45, 7) is 4.96. The van der Waals surface area contributed by atoms with E-state index in [0.29, 0.717) is 41.3 Å². The number of ketones is 1. The highest BCUT2D eigenvalue weighted by molar-refractivity contribution is 6.46. The van der Waals surface area contributed by atoms with Crippen molar-refractivity contribution in [2.75, 3.05) is 41.4 Å². The molecule has 188 valence electrons. The molecule has 2 aromatic carbocycles. The lowest BCUT2D eigenvalue weighted by molar-refractivity contribution is -0.139. The number of hydrogen-bond acceptors (Lipinski definition) is 7. The van der Waals surface area contributed by atoms with Gasteiger partial charge in [-0.25, -0.2) is 0 Å². The molecule has 1 heterocycles. The molecule has 1 atom stereocenters. The van der Waals surface area contributed by atoms with Crippen LogP contribution in [0.15, 0.2) is 48.0 Å². The van der Waals surface area contributed by atoms with Gasteiger partial charge in [0.1, 0.15) is 11.5 Å². The van der Waals surface area contributed by atoms with Crippen molar-refractivity contribution >= 4 is 17.4 Å². The number of carbonyl (C=O) groups excluding carboxylic acids is 2. The average molecular weight is 483 g/mol. The average Bonchev–Trinajstić information content (AvgIpc) is 3.08. The van der Waals surface area contributed by atoms with E-state index in [-0.39, 0.29) is 17.4 Å². The van der Waals surface area contributed by atoms with E-state index in [1.807, 2.05) is 32.8 Å². The number of carbonyl (C=O) groups is 2. The number of aliphatic hydroxyl groups excluding tert-OH is 1. The van der Waals surface area contributed by atoms with E-state index in [0.717, 1.165) is 6.54 Å². The van der Waals surface area contributed by atoms with E-state index in [1.54, 1.807) is 42.5 Å². The van der Waals surface area contributed by atoms with Crippen molar-refractivity contribution in [1.82, 2.24) is 9.80 Å². The molecule has 1 aliphatic rings. The monoisotopic (exact) mass is 482 g/mol. The van der Waals surface area contributed by atoms with Crippen molar-refractivity contribution in [2.24, 2.45) is 0 Å². The fraction of sp³-hybridized carbons (Fsp3) is 0.407. The van der Waals surface area contributed by atoms with Crippen molar-refractivity contribution < 1.29 is 28.9 Å². The summed E-state index contributed by atoms with van der Waals surface area (Å²) < 4.78 is 16.5. The van der Waals surface area contributed by atoms with Gasteiger partial charge in [0, 0.05) is 12.1 Å². The molecule has 0 aliphatic carbocycles. The molecule has 2 aromatic rings. The molecule has 1 aliphatic heterocycles. The molecule has 1 saturated heterocycles. The Hall–Kier alpha value is -3.52. The zero-order valence-electron chi connectivity index (χ0n) is 21.2. The van der Waals surface area contributed by atoms with Crippen LogP contribution < -0.4 is 14.2 Å². The maximum Gasteiger partial charge on any atom is 0.295 e. The summed E-state index contributed by atoms with van der Waals surface area (Å²) in [5, 5.41) is 11.2. The molecule has 0 radical (unpaired) electrons. The molecule has 0 unspecified atom stereocenters. The van der Waals surface area contributed by atoms with Gasteiger partial charge in [-0.15, -0.1) is 0 Å². The van der Waals surface area contributed by atoms with Gasteiger partial charge in [0.05, 0.1) is 31.9 Å². The summed E-state index contributed by atoms with van der Waals surface area (Å²) >= 11 is 0. The minimum atomic E-state index is -0.761. The quantitative estimate of drug-likeness (QED) is 0.312. The fourth-order valence-corrected chi connectivity index (χ4v) is 4.16. The molecule has 8 nitrogen and oxygen atoms in total. The molecule has 0 spiro atoms. The van der Waals surface area contributed by atoms with Gasteiger partial charge >= 0.3 is 0 Å². The lowest BCUT2D eigenvalue weighted by atomic mass is 9.95. The number of amides is 1. The molecule has 3 rings (SSSR count). The minimum absolute atomic E-state index is 0.00647. The van der Waals surface area contributed by atoms with Gasteiger partial charge in [0.2, 0.25) is 0 Å². The number of hydrogen-bond donors (Lipinski definition) is 1. The van der Waals surface area contributed by atoms with E-state index in [4.69, 9.17) is 14.2 Å². The van der Waals surface area contributed by atoms with Gasteiger partial charge in [-0.3, -0.25) is 9.59 Å². The van der Waals surface area contributed by atoms with E-state index in [2.05, 4.69) is 0 Å². The predicted molar refractivity (Wildman–Crippen MR) is 134 cm³/mol. The van der Waals surface area contributed by atoms with Crippen LogP contribution in [0.3, 0.4) is 0 Å². The summed E-state index contributed by atoms with van der Waals surface area (Å²) in [4.78, 5) is 29.8. The van der Waals surface area contributed by atoms with E-state index >= 15 is 0 Å². The first-order valence-corrected chi connectivity index (χ1v) is 11.6. The first-order valence-electron chi connectivity index (χ1n) is 11.6. The first-order chi connectivity index (χ1) is 16.7. The van der Waals surface area contributed by atoms with Crippen LogP contribution in [0.5, 0.6) is 17.2 Å². The Labute approximate surface area is 206 Å². The maximum atomic E-state index is 13.2. The van der Waals surface area contributed by atoms with Crippen molar-refractivity contribution in [1.29, 1.82) is 0 Å². The summed E-state index contributed by atoms with van der Waals surface area (Å²) in [5.74, 6) is 0.0755. The normalized spacial score (nSPS) is 17.4. The van der Waals surface area contributed by atoms with Crippen LogP contribution in [-0.2, 0) is 9.59 Å². The lowest BCUT2D eigenvalue weighted by Crippen LogP contribution is -2.32. The number of aliphatic hydroxyl groups is 1. The molecule has 1 amide bonds. The third-order valence-corrected chi connectivity index (χ3v) is 5.77. The molecule has 1 N–H and O–H groups in total. The zero-order valence-corrected chi connectivity index (χ0v) is 21.2. The number of ether oxygens (including phenoxy) is 3. The van der Waals surface area contributed by atoms with E-state index < -0.39 is 17.7 Å². The van der Waals surface area contributed by atoms with Crippen molar-refractivity contribution in [3.8, 4) is 17.2 Å². The highest BCUT2D eigenvalue weighted by Gasteiger charge is 2.46. The molecule has 0 aromatic heterocycles. The summed E-state index contributed by atoms with van der Waals surface area (Å²) in [6, 6.07) is 11.3. The largest absolute Gasteiger partial charge is 0.507 e. The van der Waals surface area contributed by atoms with E-state index in [1.165, 1.54) is 19.1 Å². The Morgan fingerprint density at radius 3 is 2.26 bits per heavy atom. The predicted octanol–water partition coefficient (Wildman–Crippen LogP) is 3.86. The van der Waals surface area contributed by atoms with Crippen molar-refractivity contribution in [2.45, 2.75) is 32.4 Å². The van der Waals surface area contributed by atoms with Gasteiger partial charge in [-0.2, -0.15) is 0 Å². The summed E-state index contributed by atoms with van der Waals surface area (Å²) in [5.41, 5.74) is 1.12. The Morgan fingerprint density at radius 1 is 1.03 bits per heavy atom. The lowest BCUT2D eigenvalue weighted by Gasteiger charge is -2.26. The second-order valence-corrected chi connectivity index (χ2v) is 8.95. The fourth-order valence-electron chi connectivity index (χ4n) is 4.16. The Balaban J connectivity index is 2.09. The number of Topliss-reactive ketones (excluding diaryl/α,β-unsaturated/α-hetero) is 1. The summed E-state index contributed by atoms with van der Waals surface area (Å²) in [6.07, 6.45) is 0.678. The number of nitrogens with zero attached hydrogens (tertiary/aromatic N) is 2. The van der Waals surface area contributed by atoms with Gasteiger partial charge < -0.3 is 29.1 Å². The third-order valence-electron chi connectivity index (χ3n) is 5.77. The summed E-state index contributed by atoms with van der Waals surface area (Å²) in [7, 11) is 6.97. The van der Waals surface area contributed by atoms with Gasteiger partial charge in [-0.05, 0) is 82.9 Å². The van der Waals surface area contributed by atoms with Gasteiger partial charge in [0.15, 0.2) is 11.5 Å². The SMILES string of the molecule is COc1ccc([C@@H]2/C(=C(\O)c3ccc(OC(C)C)cc3)C(=O)C(=O)N2CCCN(C)C)cc1OC. The van der Waals surface area contributed by atoms with Crippen LogP contribution >= 0.6 is 0 Å². The van der Waals surface area contributed by atoms with Gasteiger partial charge in [-0.1, -0.05) is 6.07 Å². The van der Waals surface area contributed by atoms with Crippen LogP contribution in [0.4, 0.5) is 0 Å². The number of rotatable bonds is 10. The molecule has 0 bridgehead atoms. The second-order valence-electron chi connectivity index (χ2n) is 8.95. The Kier molecular flexibility index (Phi) is 8.40. The molecule has 35 heavy (non-hydrogen) atoms. The molecule has 0 saturated carbocycles. The third kappa shape index (κ3) is 5.77. The van der Waals surface area contributed by atoms with E-state index in [9.17, 15) is 14.7 Å². The van der Waals surface area contributed by atoms with Crippen LogP contribution in [0.2, 0.25) is 0 Å². The van der Waals surface area contributed by atoms with Crippen LogP contribution in [0.25, 0.3) is 5.76 Å². The molecule has 1 fully saturated rings. The number of likely N-dealkylation sites (tertiary alicyclic amines) is 1. The number of benzene rings is 2. The highest BCUT2D eigenvalue weighted by atomic mass is 16.5. The smallest absolute Gasteiger partial charge is 0.295 e. The number of methoxy groups -OCH3 is 2. The van der Waals surface area contributed by atoms with Crippen molar-refractivity contribution in [3.63, 3.8) is 0 Å². The van der Waals surface area contributed by atoms with Gasteiger partial charge in [0.25, 0.3) is 11.7 Å². The van der Waals surface area contributed by atoms with Crippen LogP contribution in [-0.4, -0.2) is 74.1 Å². The van der Waals surface area contributed by atoms with Crippen LogP contribution in [0.1, 0.15) is 37.4 Å². The van der Waals surface area contributed by atoms with Crippen LogP contribution in [0, 0.1) is 0 Å². The minimum Gasteiger partial charge on any atom is -0.507 e. The second kappa shape index (κ2) is 11.3. The maximum absolute atomic E-state index is 13.2. The highest BCUT2D eigenvalue weighted by Crippen LogP contribution is 2.42. The molecule has 8 heteroatoms. The molecular weight excluding hydrogens is 448 g/mol. The topological polar surface area (TPSA) is 88.5 Å². The zero-order chi connectivity index (χ0) is 25.7. The van der Waals surface area contributed by atoms with Crippen molar-refractivity contribution in [3.05, 3.63) is 59.2 Å². The Bertz CT molecular complexity index is 1090.